The van der Waals surface area contributed by atoms with Gasteiger partial charge in [0, 0.05) is 6.08 Å². The minimum absolute atomic E-state index is 0.138. The summed E-state index contributed by atoms with van der Waals surface area (Å²) >= 11 is 5.69. The summed E-state index contributed by atoms with van der Waals surface area (Å²) < 4.78 is 4.42. The number of nitrogen functional groups attached to an aromatic ring is 1. The van der Waals surface area contributed by atoms with E-state index >= 15 is 0 Å². The van der Waals surface area contributed by atoms with E-state index < -0.39 is 5.97 Å². The smallest absolute Gasteiger partial charge is 0.330 e. The third-order valence-corrected chi connectivity index (χ3v) is 2.02. The zero-order valence-corrected chi connectivity index (χ0v) is 8.78. The molecule has 0 aliphatic rings. The average Bonchev–Trinajstić information content (AvgIpc) is 2.22. The van der Waals surface area contributed by atoms with E-state index in [0.717, 1.165) is 0 Å². The van der Waals surface area contributed by atoms with Gasteiger partial charge in [-0.25, -0.2) is 4.79 Å². The molecule has 0 aliphatic carbocycles. The van der Waals surface area contributed by atoms with Crippen LogP contribution in [-0.2, 0) is 9.53 Å². The van der Waals surface area contributed by atoms with E-state index in [0.29, 0.717) is 5.56 Å². The number of phenolic OH excluding ortho intramolecular Hbond substituents is 1. The molecule has 0 amide bonds. The number of methoxy groups -OCH3 is 1. The van der Waals surface area contributed by atoms with Crippen LogP contribution in [0.2, 0.25) is 5.02 Å². The fourth-order valence-electron chi connectivity index (χ4n) is 0.971. The summed E-state index contributed by atoms with van der Waals surface area (Å²) in [6.45, 7) is 0. The Morgan fingerprint density at radius 1 is 1.60 bits per heavy atom. The molecule has 0 radical (unpaired) electrons. The Morgan fingerprint density at radius 3 is 2.80 bits per heavy atom. The number of nitrogens with two attached hydrogens (primary N) is 1. The zero-order valence-electron chi connectivity index (χ0n) is 8.03. The lowest BCUT2D eigenvalue weighted by molar-refractivity contribution is -0.134. The number of halogens is 1. The van der Waals surface area contributed by atoms with E-state index in [2.05, 4.69) is 4.74 Å². The van der Waals surface area contributed by atoms with Gasteiger partial charge < -0.3 is 15.6 Å². The van der Waals surface area contributed by atoms with Crippen LogP contribution in [0.1, 0.15) is 5.56 Å². The first kappa shape index (κ1) is 11.4. The number of aromatic hydroxyl groups is 1. The number of anilines is 1. The first-order valence-corrected chi connectivity index (χ1v) is 4.46. The molecule has 5 heteroatoms. The number of carbonyl (C=O) groups is 1. The highest BCUT2D eigenvalue weighted by Crippen LogP contribution is 2.31. The maximum Gasteiger partial charge on any atom is 0.330 e. The highest BCUT2D eigenvalue weighted by Gasteiger charge is 2.04. The topological polar surface area (TPSA) is 72.5 Å². The van der Waals surface area contributed by atoms with Crippen LogP contribution < -0.4 is 5.73 Å². The molecule has 80 valence electrons. The number of hydrogen-bond donors (Lipinski definition) is 2. The Bertz CT molecular complexity index is 392. The SMILES string of the molecule is COC(=O)C=Cc1cc(N)c(O)c(Cl)c1. The molecule has 0 fully saturated rings. The van der Waals surface area contributed by atoms with E-state index in [4.69, 9.17) is 17.3 Å². The van der Waals surface area contributed by atoms with Gasteiger partial charge in [0.05, 0.1) is 17.8 Å². The fourth-order valence-corrected chi connectivity index (χ4v) is 1.21. The summed E-state index contributed by atoms with van der Waals surface area (Å²) in [5, 5.41) is 9.42. The third kappa shape index (κ3) is 2.89. The van der Waals surface area contributed by atoms with Crippen LogP contribution in [0.15, 0.2) is 18.2 Å². The molecular formula is C10H10ClNO3. The van der Waals surface area contributed by atoms with E-state index in [1.165, 1.54) is 31.4 Å². The predicted molar refractivity (Wildman–Crippen MR) is 58.6 cm³/mol. The molecular weight excluding hydrogens is 218 g/mol. The lowest BCUT2D eigenvalue weighted by Crippen LogP contribution is -1.93. The predicted octanol–water partition coefficient (Wildman–Crippen LogP) is 1.81. The van der Waals surface area contributed by atoms with Crippen LogP contribution in [0.5, 0.6) is 5.75 Å². The molecule has 4 nitrogen and oxygen atoms in total. The minimum atomic E-state index is -0.474. The van der Waals surface area contributed by atoms with E-state index in [-0.39, 0.29) is 16.5 Å². The Morgan fingerprint density at radius 2 is 2.27 bits per heavy atom. The molecule has 0 saturated heterocycles. The number of rotatable bonds is 2. The Balaban J connectivity index is 2.97. The summed E-state index contributed by atoms with van der Waals surface area (Å²) in [5.41, 5.74) is 6.25. The number of phenols is 1. The van der Waals surface area contributed by atoms with Gasteiger partial charge in [0.1, 0.15) is 0 Å². The van der Waals surface area contributed by atoms with Crippen LogP contribution in [0.3, 0.4) is 0 Å². The van der Waals surface area contributed by atoms with E-state index in [9.17, 15) is 9.90 Å². The first-order valence-electron chi connectivity index (χ1n) is 4.08. The fraction of sp³-hybridized carbons (Fsp3) is 0.100. The van der Waals surface area contributed by atoms with Crippen molar-refractivity contribution in [1.82, 2.24) is 0 Å². The number of ether oxygens (including phenoxy) is 1. The van der Waals surface area contributed by atoms with Gasteiger partial charge in [-0.05, 0) is 23.8 Å². The maximum atomic E-state index is 10.8. The summed E-state index contributed by atoms with van der Waals surface area (Å²) in [6.07, 6.45) is 2.73. The van der Waals surface area contributed by atoms with Crippen molar-refractivity contribution in [1.29, 1.82) is 0 Å². The molecule has 0 spiro atoms. The van der Waals surface area contributed by atoms with Gasteiger partial charge in [-0.15, -0.1) is 0 Å². The number of hydrogen-bond acceptors (Lipinski definition) is 4. The molecule has 3 N–H and O–H groups in total. The molecule has 1 aromatic carbocycles. The van der Waals surface area contributed by atoms with Crippen molar-refractivity contribution >= 4 is 29.3 Å². The lowest BCUT2D eigenvalue weighted by Gasteiger charge is -2.02. The molecule has 1 aromatic rings. The standard InChI is InChI=1S/C10H10ClNO3/c1-15-9(13)3-2-6-4-7(11)10(14)8(12)5-6/h2-5,14H,12H2,1H3. The molecule has 0 aromatic heterocycles. The van der Waals surface area contributed by atoms with E-state index in [1.807, 2.05) is 0 Å². The second kappa shape index (κ2) is 4.70. The quantitative estimate of drug-likeness (QED) is 0.350. The van der Waals surface area contributed by atoms with Crippen molar-refractivity contribution in [3.8, 4) is 5.75 Å². The van der Waals surface area contributed by atoms with Gasteiger partial charge in [0.2, 0.25) is 0 Å². The second-order valence-corrected chi connectivity index (χ2v) is 3.20. The normalized spacial score (nSPS) is 10.5. The van der Waals surface area contributed by atoms with Crippen LogP contribution in [0, 0.1) is 0 Å². The molecule has 15 heavy (non-hydrogen) atoms. The molecule has 0 heterocycles. The second-order valence-electron chi connectivity index (χ2n) is 2.80. The summed E-state index contributed by atoms with van der Waals surface area (Å²) in [6, 6.07) is 2.99. The maximum absolute atomic E-state index is 10.8. The third-order valence-electron chi connectivity index (χ3n) is 1.73. The van der Waals surface area contributed by atoms with E-state index in [1.54, 1.807) is 0 Å². The highest BCUT2D eigenvalue weighted by molar-refractivity contribution is 6.32. The van der Waals surface area contributed by atoms with Crippen LogP contribution in [-0.4, -0.2) is 18.2 Å². The molecule has 0 atom stereocenters. The Kier molecular flexibility index (Phi) is 3.57. The Labute approximate surface area is 91.9 Å². The number of benzene rings is 1. The van der Waals surface area contributed by atoms with Gasteiger partial charge in [-0.1, -0.05) is 11.6 Å². The highest BCUT2D eigenvalue weighted by atomic mass is 35.5. The van der Waals surface area contributed by atoms with Crippen molar-refractivity contribution in [3.05, 3.63) is 28.8 Å². The zero-order chi connectivity index (χ0) is 11.4. The van der Waals surface area contributed by atoms with Crippen molar-refractivity contribution in [2.45, 2.75) is 0 Å². The monoisotopic (exact) mass is 227 g/mol. The van der Waals surface area contributed by atoms with Gasteiger partial charge in [-0.2, -0.15) is 0 Å². The van der Waals surface area contributed by atoms with Crippen molar-refractivity contribution < 1.29 is 14.6 Å². The summed E-state index contributed by atoms with van der Waals surface area (Å²) in [7, 11) is 1.28. The van der Waals surface area contributed by atoms with Crippen molar-refractivity contribution in [2.75, 3.05) is 12.8 Å². The van der Waals surface area contributed by atoms with Gasteiger partial charge >= 0.3 is 5.97 Å². The van der Waals surface area contributed by atoms with Crippen LogP contribution >= 0.6 is 11.6 Å². The van der Waals surface area contributed by atoms with Gasteiger partial charge in [0.25, 0.3) is 0 Å². The van der Waals surface area contributed by atoms with Crippen molar-refractivity contribution in [2.24, 2.45) is 0 Å². The Hall–Kier alpha value is -1.68. The summed E-state index contributed by atoms with van der Waals surface area (Å²) in [4.78, 5) is 10.8. The lowest BCUT2D eigenvalue weighted by atomic mass is 10.2. The van der Waals surface area contributed by atoms with Crippen molar-refractivity contribution in [3.63, 3.8) is 0 Å². The average molecular weight is 228 g/mol. The molecule has 1 rings (SSSR count). The summed E-state index contributed by atoms with van der Waals surface area (Å²) in [5.74, 6) is -0.635. The molecule has 0 bridgehead atoms. The minimum Gasteiger partial charge on any atom is -0.504 e. The first-order chi connectivity index (χ1) is 7.04. The number of carbonyl (C=O) groups excluding carboxylic acids is 1. The van der Waals surface area contributed by atoms with Gasteiger partial charge in [-0.3, -0.25) is 0 Å². The largest absolute Gasteiger partial charge is 0.504 e. The number of esters is 1. The molecule has 0 unspecified atom stereocenters. The molecule has 0 saturated carbocycles. The van der Waals surface area contributed by atoms with Crippen LogP contribution in [0.4, 0.5) is 5.69 Å². The van der Waals surface area contributed by atoms with Gasteiger partial charge in [0.15, 0.2) is 5.75 Å². The molecule has 0 aliphatic heterocycles. The van der Waals surface area contributed by atoms with Crippen LogP contribution in [0.25, 0.3) is 6.08 Å².